The van der Waals surface area contributed by atoms with Crippen LogP contribution in [0.3, 0.4) is 0 Å². The van der Waals surface area contributed by atoms with Crippen molar-refractivity contribution < 1.29 is 13.2 Å². The molecular weight excluding hydrogens is 412 g/mol. The molecule has 7 nitrogen and oxygen atoms in total. The van der Waals surface area contributed by atoms with Crippen LogP contribution in [0.2, 0.25) is 0 Å². The second kappa shape index (κ2) is 11.2. The van der Waals surface area contributed by atoms with Gasteiger partial charge in [0.1, 0.15) is 0 Å². The molecule has 0 radical (unpaired) electrons. The summed E-state index contributed by atoms with van der Waals surface area (Å²) in [6.07, 6.45) is 2.00. The maximum Gasteiger partial charge on any atom is 0.191 e. The number of anilines is 1. The molecule has 1 aliphatic rings. The number of hydrogen-bond donors (Lipinski definition) is 2. The molecule has 2 aromatic rings. The van der Waals surface area contributed by atoms with Crippen molar-refractivity contribution in [3.8, 4) is 0 Å². The molecule has 0 aliphatic carbocycles. The molecule has 0 amide bonds. The number of rotatable bonds is 8. The Hall–Kier alpha value is -2.58. The van der Waals surface area contributed by atoms with E-state index >= 15 is 0 Å². The number of hydrogen-bond acceptors (Lipinski definition) is 5. The van der Waals surface area contributed by atoms with E-state index in [0.717, 1.165) is 50.8 Å². The van der Waals surface area contributed by atoms with Gasteiger partial charge in [-0.1, -0.05) is 30.3 Å². The third kappa shape index (κ3) is 6.97. The minimum absolute atomic E-state index is 0.345. The van der Waals surface area contributed by atoms with Crippen LogP contribution in [0.4, 0.5) is 5.69 Å². The van der Waals surface area contributed by atoms with Gasteiger partial charge in [-0.05, 0) is 42.7 Å². The van der Waals surface area contributed by atoms with E-state index in [1.165, 1.54) is 17.5 Å². The molecule has 1 aliphatic heterocycles. The van der Waals surface area contributed by atoms with Crippen LogP contribution in [-0.4, -0.2) is 60.0 Å². The minimum Gasteiger partial charge on any atom is -0.378 e. The maximum atomic E-state index is 11.6. The van der Waals surface area contributed by atoms with Crippen LogP contribution in [0.1, 0.15) is 18.1 Å². The molecule has 3 rings (SSSR count). The first-order valence-electron chi connectivity index (χ1n) is 10.7. The van der Waals surface area contributed by atoms with Gasteiger partial charge in [-0.3, -0.25) is 0 Å². The highest BCUT2D eigenvalue weighted by molar-refractivity contribution is 7.90. The van der Waals surface area contributed by atoms with Crippen molar-refractivity contribution in [3.63, 3.8) is 0 Å². The number of guanidine groups is 1. The average molecular weight is 445 g/mol. The summed E-state index contributed by atoms with van der Waals surface area (Å²) in [5.41, 5.74) is 3.49. The van der Waals surface area contributed by atoms with E-state index in [1.807, 2.05) is 19.1 Å². The van der Waals surface area contributed by atoms with Crippen LogP contribution < -0.4 is 15.5 Å². The van der Waals surface area contributed by atoms with Crippen LogP contribution in [0.15, 0.2) is 58.4 Å². The van der Waals surface area contributed by atoms with Crippen molar-refractivity contribution in [2.75, 3.05) is 50.5 Å². The van der Waals surface area contributed by atoms with Gasteiger partial charge in [0.25, 0.3) is 0 Å². The number of ether oxygens (including phenoxy) is 1. The van der Waals surface area contributed by atoms with Gasteiger partial charge in [-0.2, -0.15) is 0 Å². The summed E-state index contributed by atoms with van der Waals surface area (Å²) < 4.78 is 28.7. The lowest BCUT2D eigenvalue weighted by molar-refractivity contribution is 0.122. The number of sulfone groups is 1. The zero-order valence-electron chi connectivity index (χ0n) is 18.3. The van der Waals surface area contributed by atoms with E-state index < -0.39 is 9.84 Å². The zero-order valence-corrected chi connectivity index (χ0v) is 19.1. The Bertz CT molecular complexity index is 969. The number of morpholine rings is 1. The highest BCUT2D eigenvalue weighted by Gasteiger charge is 2.14. The quantitative estimate of drug-likeness (QED) is 0.480. The van der Waals surface area contributed by atoms with Gasteiger partial charge in [0.05, 0.1) is 24.7 Å². The lowest BCUT2D eigenvalue weighted by Crippen LogP contribution is -2.38. The molecule has 0 aromatic heterocycles. The van der Waals surface area contributed by atoms with E-state index in [2.05, 4.69) is 39.8 Å². The van der Waals surface area contributed by atoms with Crippen molar-refractivity contribution in [2.24, 2.45) is 4.99 Å². The summed E-state index contributed by atoms with van der Waals surface area (Å²) in [5.74, 6) is 0.770. The lowest BCUT2D eigenvalue weighted by Gasteiger charge is -2.30. The van der Waals surface area contributed by atoms with Crippen LogP contribution in [0, 0.1) is 0 Å². The Morgan fingerprint density at radius 3 is 2.45 bits per heavy atom. The summed E-state index contributed by atoms with van der Waals surface area (Å²) in [5, 5.41) is 6.66. The zero-order chi connectivity index (χ0) is 22.1. The van der Waals surface area contributed by atoms with Crippen molar-refractivity contribution in [3.05, 3.63) is 59.7 Å². The Morgan fingerprint density at radius 1 is 1.06 bits per heavy atom. The highest BCUT2D eigenvalue weighted by atomic mass is 32.2. The molecule has 31 heavy (non-hydrogen) atoms. The van der Waals surface area contributed by atoms with Gasteiger partial charge in [-0.25, -0.2) is 13.4 Å². The molecule has 1 saturated heterocycles. The fourth-order valence-corrected chi connectivity index (χ4v) is 4.12. The van der Waals surface area contributed by atoms with Crippen LogP contribution >= 0.6 is 0 Å². The number of benzene rings is 2. The second-order valence-corrected chi connectivity index (χ2v) is 9.53. The highest BCUT2D eigenvalue weighted by Crippen LogP contribution is 2.22. The summed E-state index contributed by atoms with van der Waals surface area (Å²) >= 11 is 0. The van der Waals surface area contributed by atoms with E-state index in [1.54, 1.807) is 12.1 Å². The molecule has 1 heterocycles. The monoisotopic (exact) mass is 444 g/mol. The molecule has 168 valence electrons. The van der Waals surface area contributed by atoms with E-state index in [0.29, 0.717) is 18.0 Å². The molecule has 0 atom stereocenters. The van der Waals surface area contributed by atoms with Crippen molar-refractivity contribution in [1.29, 1.82) is 0 Å². The topological polar surface area (TPSA) is 83.0 Å². The summed E-state index contributed by atoms with van der Waals surface area (Å²) in [6.45, 7) is 7.43. The van der Waals surface area contributed by atoms with Crippen LogP contribution in [0.25, 0.3) is 0 Å². The Kier molecular flexibility index (Phi) is 8.31. The van der Waals surface area contributed by atoms with Gasteiger partial charge < -0.3 is 20.3 Å². The third-order valence-electron chi connectivity index (χ3n) is 5.15. The average Bonchev–Trinajstić information content (AvgIpc) is 2.78. The Morgan fingerprint density at radius 2 is 1.77 bits per heavy atom. The van der Waals surface area contributed by atoms with Gasteiger partial charge >= 0.3 is 0 Å². The number of nitrogens with zero attached hydrogens (tertiary/aromatic N) is 2. The predicted molar refractivity (Wildman–Crippen MR) is 126 cm³/mol. The maximum absolute atomic E-state index is 11.6. The standard InChI is InChI=1S/C23H32N4O3S/c1-3-24-23(25-13-12-19-8-10-21(11-9-19)31(2,28)29)26-18-20-6-4-5-7-22(20)27-14-16-30-17-15-27/h4-11H,3,12-18H2,1-2H3,(H2,24,25,26). The number of aliphatic imine (C=N–C) groups is 1. The lowest BCUT2D eigenvalue weighted by atomic mass is 10.1. The minimum atomic E-state index is -3.16. The Labute approximate surface area is 185 Å². The van der Waals surface area contributed by atoms with Crippen molar-refractivity contribution in [1.82, 2.24) is 10.6 Å². The summed E-state index contributed by atoms with van der Waals surface area (Å²) in [7, 11) is -3.16. The molecule has 1 fully saturated rings. The number of para-hydroxylation sites is 1. The van der Waals surface area contributed by atoms with Gasteiger partial charge in [0.15, 0.2) is 15.8 Å². The smallest absolute Gasteiger partial charge is 0.191 e. The SMILES string of the molecule is CCNC(=NCc1ccccc1N1CCOCC1)NCCc1ccc(S(C)(=O)=O)cc1. The molecule has 0 bridgehead atoms. The van der Waals surface area contributed by atoms with E-state index in [-0.39, 0.29) is 0 Å². The van der Waals surface area contributed by atoms with E-state index in [4.69, 9.17) is 9.73 Å². The molecule has 2 aromatic carbocycles. The van der Waals surface area contributed by atoms with Crippen molar-refractivity contribution in [2.45, 2.75) is 24.8 Å². The van der Waals surface area contributed by atoms with Crippen molar-refractivity contribution >= 4 is 21.5 Å². The molecule has 0 saturated carbocycles. The fraction of sp³-hybridized carbons (Fsp3) is 0.435. The molecule has 0 unspecified atom stereocenters. The first-order chi connectivity index (χ1) is 15.0. The molecular formula is C23H32N4O3S. The van der Waals surface area contributed by atoms with Gasteiger partial charge in [0.2, 0.25) is 0 Å². The van der Waals surface area contributed by atoms with Crippen LogP contribution in [-0.2, 0) is 27.5 Å². The summed E-state index contributed by atoms with van der Waals surface area (Å²) in [6, 6.07) is 15.4. The van der Waals surface area contributed by atoms with Gasteiger partial charge in [-0.15, -0.1) is 0 Å². The normalized spacial score (nSPS) is 15.0. The molecule has 0 spiro atoms. The summed E-state index contributed by atoms with van der Waals surface area (Å²) in [4.78, 5) is 7.48. The number of nitrogens with one attached hydrogen (secondary N) is 2. The molecule has 8 heteroatoms. The largest absolute Gasteiger partial charge is 0.378 e. The van der Waals surface area contributed by atoms with E-state index in [9.17, 15) is 8.42 Å². The second-order valence-electron chi connectivity index (χ2n) is 7.52. The van der Waals surface area contributed by atoms with Gasteiger partial charge in [0, 0.05) is 38.1 Å². The molecule has 2 N–H and O–H groups in total. The fourth-order valence-electron chi connectivity index (χ4n) is 3.49. The third-order valence-corrected chi connectivity index (χ3v) is 6.28. The first kappa shape index (κ1) is 23.1. The van der Waals surface area contributed by atoms with Crippen LogP contribution in [0.5, 0.6) is 0 Å². The Balaban J connectivity index is 1.59. The predicted octanol–water partition coefficient (Wildman–Crippen LogP) is 2.22. The first-order valence-corrected chi connectivity index (χ1v) is 12.6.